The van der Waals surface area contributed by atoms with Crippen LogP contribution >= 0.6 is 0 Å². The van der Waals surface area contributed by atoms with Crippen LogP contribution < -0.4 is 5.32 Å². The minimum absolute atomic E-state index is 0.153. The SMILES string of the molecule is CCCCOC1(c2ccc(F)cc2)CN(C(=O)[C@@H](Cc2ccccc2)NC(=O)CCC2=NCC=N2)C1. The average molecular weight is 493 g/mol. The van der Waals surface area contributed by atoms with Crippen molar-refractivity contribution in [2.45, 2.75) is 50.7 Å². The van der Waals surface area contributed by atoms with Gasteiger partial charge in [-0.25, -0.2) is 9.38 Å². The Morgan fingerprint density at radius 3 is 2.56 bits per heavy atom. The zero-order chi connectivity index (χ0) is 25.4. The van der Waals surface area contributed by atoms with Gasteiger partial charge in [0, 0.05) is 32.1 Å². The Morgan fingerprint density at radius 2 is 1.89 bits per heavy atom. The number of unbranched alkanes of at least 4 members (excludes halogenated alkanes) is 1. The number of rotatable bonds is 12. The second-order valence-corrected chi connectivity index (χ2v) is 9.28. The van der Waals surface area contributed by atoms with Gasteiger partial charge in [-0.05, 0) is 29.7 Å². The van der Waals surface area contributed by atoms with Gasteiger partial charge in [0.1, 0.15) is 23.3 Å². The molecule has 0 bridgehead atoms. The van der Waals surface area contributed by atoms with Gasteiger partial charge in [-0.3, -0.25) is 14.6 Å². The highest BCUT2D eigenvalue weighted by atomic mass is 19.1. The van der Waals surface area contributed by atoms with Crippen molar-refractivity contribution < 1.29 is 18.7 Å². The molecule has 2 aromatic rings. The normalized spacial score (nSPS) is 16.8. The summed E-state index contributed by atoms with van der Waals surface area (Å²) in [6, 6.07) is 15.2. The fraction of sp³-hybridized carbons (Fsp3) is 0.429. The molecule has 2 amide bonds. The monoisotopic (exact) mass is 492 g/mol. The van der Waals surface area contributed by atoms with Gasteiger partial charge in [-0.1, -0.05) is 55.8 Å². The molecule has 2 aromatic carbocycles. The van der Waals surface area contributed by atoms with E-state index in [0.29, 0.717) is 44.9 Å². The van der Waals surface area contributed by atoms with Gasteiger partial charge < -0.3 is 15.0 Å². The molecular formula is C28H33FN4O3. The van der Waals surface area contributed by atoms with Gasteiger partial charge in [0.05, 0.1) is 19.6 Å². The summed E-state index contributed by atoms with van der Waals surface area (Å²) < 4.78 is 19.8. The van der Waals surface area contributed by atoms with Crippen molar-refractivity contribution in [3.63, 3.8) is 0 Å². The molecule has 0 spiro atoms. The summed E-state index contributed by atoms with van der Waals surface area (Å²) in [7, 11) is 0. The molecule has 7 nitrogen and oxygen atoms in total. The molecular weight excluding hydrogens is 459 g/mol. The van der Waals surface area contributed by atoms with E-state index in [0.717, 1.165) is 24.0 Å². The maximum absolute atomic E-state index is 13.6. The van der Waals surface area contributed by atoms with E-state index in [9.17, 15) is 14.0 Å². The minimum Gasteiger partial charge on any atom is -0.367 e. The number of nitrogens with one attached hydrogen (secondary N) is 1. The fourth-order valence-corrected chi connectivity index (χ4v) is 4.49. The summed E-state index contributed by atoms with van der Waals surface area (Å²) in [4.78, 5) is 36.4. The number of likely N-dealkylation sites (tertiary alicyclic amines) is 1. The lowest BCUT2D eigenvalue weighted by molar-refractivity contribution is -0.175. The second kappa shape index (κ2) is 12.0. The predicted molar refractivity (Wildman–Crippen MR) is 138 cm³/mol. The van der Waals surface area contributed by atoms with Crippen molar-refractivity contribution in [2.75, 3.05) is 26.2 Å². The molecule has 1 N–H and O–H groups in total. The van der Waals surface area contributed by atoms with Gasteiger partial charge in [0.25, 0.3) is 0 Å². The average Bonchev–Trinajstić information content (AvgIpc) is 3.39. The number of carbonyl (C=O) groups is 2. The molecule has 2 aliphatic rings. The van der Waals surface area contributed by atoms with Crippen LogP contribution in [0.4, 0.5) is 4.39 Å². The van der Waals surface area contributed by atoms with E-state index in [2.05, 4.69) is 22.2 Å². The number of benzene rings is 2. The number of aliphatic imine (C=N–C) groups is 2. The third-order valence-corrected chi connectivity index (χ3v) is 6.54. The van der Waals surface area contributed by atoms with Crippen LogP contribution in [0.3, 0.4) is 0 Å². The van der Waals surface area contributed by atoms with E-state index in [1.54, 1.807) is 23.2 Å². The Labute approximate surface area is 211 Å². The lowest BCUT2D eigenvalue weighted by atomic mass is 9.84. The Morgan fingerprint density at radius 1 is 1.14 bits per heavy atom. The van der Waals surface area contributed by atoms with Crippen LogP contribution in [-0.2, 0) is 26.3 Å². The summed E-state index contributed by atoms with van der Waals surface area (Å²) in [6.45, 7) is 3.92. The van der Waals surface area contributed by atoms with Crippen molar-refractivity contribution in [2.24, 2.45) is 9.98 Å². The summed E-state index contributed by atoms with van der Waals surface area (Å²) in [5.41, 5.74) is 1.15. The van der Waals surface area contributed by atoms with Gasteiger partial charge in [0.15, 0.2) is 0 Å². The second-order valence-electron chi connectivity index (χ2n) is 9.28. The summed E-state index contributed by atoms with van der Waals surface area (Å²) in [5, 5.41) is 2.94. The number of amides is 2. The van der Waals surface area contributed by atoms with Gasteiger partial charge in [-0.2, -0.15) is 0 Å². The summed E-state index contributed by atoms with van der Waals surface area (Å²) in [6.07, 6.45) is 4.66. The summed E-state index contributed by atoms with van der Waals surface area (Å²) >= 11 is 0. The summed E-state index contributed by atoms with van der Waals surface area (Å²) in [5.74, 6) is -0.0133. The van der Waals surface area contributed by atoms with E-state index < -0.39 is 11.6 Å². The van der Waals surface area contributed by atoms with Crippen LogP contribution in [-0.4, -0.2) is 61.0 Å². The Hall–Kier alpha value is -3.39. The van der Waals surface area contributed by atoms with Crippen LogP contribution in [0.1, 0.15) is 43.7 Å². The quantitative estimate of drug-likeness (QED) is 0.459. The number of nitrogens with zero attached hydrogens (tertiary/aromatic N) is 3. The van der Waals surface area contributed by atoms with Crippen LogP contribution in [0.5, 0.6) is 0 Å². The molecule has 8 heteroatoms. The Balaban J connectivity index is 1.45. The molecule has 0 saturated carbocycles. The van der Waals surface area contributed by atoms with Crippen LogP contribution in [0.2, 0.25) is 0 Å². The van der Waals surface area contributed by atoms with E-state index in [-0.39, 0.29) is 24.1 Å². The lowest BCUT2D eigenvalue weighted by Crippen LogP contribution is -2.66. The highest BCUT2D eigenvalue weighted by Crippen LogP contribution is 2.37. The highest BCUT2D eigenvalue weighted by Gasteiger charge is 2.49. The fourth-order valence-electron chi connectivity index (χ4n) is 4.49. The van der Waals surface area contributed by atoms with E-state index >= 15 is 0 Å². The molecule has 2 heterocycles. The minimum atomic E-state index is -0.698. The Kier molecular flexibility index (Phi) is 8.59. The first-order chi connectivity index (χ1) is 17.5. The first-order valence-electron chi connectivity index (χ1n) is 12.6. The van der Waals surface area contributed by atoms with E-state index in [4.69, 9.17) is 4.74 Å². The molecule has 190 valence electrons. The topological polar surface area (TPSA) is 83.4 Å². The van der Waals surface area contributed by atoms with Gasteiger partial charge >= 0.3 is 0 Å². The first kappa shape index (κ1) is 25.7. The molecule has 0 aromatic heterocycles. The number of hydrogen-bond acceptors (Lipinski definition) is 5. The molecule has 0 radical (unpaired) electrons. The molecule has 1 atom stereocenters. The Bertz CT molecular complexity index is 1100. The number of hydrogen-bond donors (Lipinski definition) is 1. The number of halogens is 1. The van der Waals surface area contributed by atoms with Crippen molar-refractivity contribution in [3.8, 4) is 0 Å². The van der Waals surface area contributed by atoms with Crippen molar-refractivity contribution in [1.82, 2.24) is 10.2 Å². The van der Waals surface area contributed by atoms with Gasteiger partial charge in [-0.15, -0.1) is 0 Å². The molecule has 1 saturated heterocycles. The zero-order valence-electron chi connectivity index (χ0n) is 20.7. The molecule has 1 fully saturated rings. The maximum Gasteiger partial charge on any atom is 0.245 e. The third-order valence-electron chi connectivity index (χ3n) is 6.54. The maximum atomic E-state index is 13.6. The number of amidine groups is 1. The number of ether oxygens (including phenoxy) is 1. The molecule has 0 aliphatic carbocycles. The van der Waals surface area contributed by atoms with E-state index in [1.165, 1.54) is 12.1 Å². The third kappa shape index (κ3) is 6.43. The highest BCUT2D eigenvalue weighted by molar-refractivity contribution is 5.96. The molecule has 2 aliphatic heterocycles. The van der Waals surface area contributed by atoms with Crippen molar-refractivity contribution >= 4 is 23.9 Å². The smallest absolute Gasteiger partial charge is 0.245 e. The lowest BCUT2D eigenvalue weighted by Gasteiger charge is -2.51. The molecule has 0 unspecified atom stereocenters. The largest absolute Gasteiger partial charge is 0.367 e. The van der Waals surface area contributed by atoms with E-state index in [1.807, 2.05) is 30.3 Å². The molecule has 4 rings (SSSR count). The standard InChI is InChI=1S/C28H33FN4O3/c1-2-3-17-36-28(22-9-11-23(29)12-10-22)19-33(20-28)27(35)24(18-21-7-5-4-6-8-21)32-26(34)14-13-25-30-15-16-31-25/h4-12,15,24H,2-3,13-14,16-20H2,1H3,(H,32,34)/t24-/m1/s1. The first-order valence-corrected chi connectivity index (χ1v) is 12.6. The molecule has 36 heavy (non-hydrogen) atoms. The van der Waals surface area contributed by atoms with Crippen molar-refractivity contribution in [3.05, 3.63) is 71.5 Å². The zero-order valence-corrected chi connectivity index (χ0v) is 20.7. The predicted octanol–water partition coefficient (Wildman–Crippen LogP) is 3.67. The van der Waals surface area contributed by atoms with Crippen LogP contribution in [0, 0.1) is 5.82 Å². The number of carbonyl (C=O) groups excluding carboxylic acids is 2. The van der Waals surface area contributed by atoms with Crippen LogP contribution in [0.15, 0.2) is 64.6 Å². The van der Waals surface area contributed by atoms with Gasteiger partial charge in [0.2, 0.25) is 11.8 Å². The van der Waals surface area contributed by atoms with Crippen LogP contribution in [0.25, 0.3) is 0 Å². The van der Waals surface area contributed by atoms with Crippen molar-refractivity contribution in [1.29, 1.82) is 0 Å².